The first kappa shape index (κ1) is 12.0. The van der Waals surface area contributed by atoms with Crippen LogP contribution < -0.4 is 0 Å². The van der Waals surface area contributed by atoms with Gasteiger partial charge in [-0.05, 0) is 12.1 Å². The Balaban J connectivity index is 2.22. The number of phenolic OH excluding ortho intramolecular Hbond substituents is 1. The van der Waals surface area contributed by atoms with Gasteiger partial charge in [-0.25, -0.2) is 4.39 Å². The Morgan fingerprint density at radius 2 is 2.00 bits per heavy atom. The minimum absolute atomic E-state index is 0.305. The highest BCUT2D eigenvalue weighted by molar-refractivity contribution is 7.85. The number of phenols is 1. The Labute approximate surface area is 101 Å². The smallest absolute Gasteiger partial charge is 0.260 e. The Kier molecular flexibility index (Phi) is 3.42. The van der Waals surface area contributed by atoms with Gasteiger partial charge < -0.3 is 10.0 Å². The van der Waals surface area contributed by atoms with Gasteiger partial charge in [0.1, 0.15) is 17.1 Å². The fourth-order valence-electron chi connectivity index (χ4n) is 1.72. The number of amides is 1. The number of nitrogens with zero attached hydrogens (tertiary/aromatic N) is 1. The third-order valence-corrected chi connectivity index (χ3v) is 3.95. The first-order valence-corrected chi connectivity index (χ1v) is 6.70. The van der Waals surface area contributed by atoms with Crippen LogP contribution in [0.25, 0.3) is 0 Å². The molecule has 1 amide bonds. The zero-order valence-electron chi connectivity index (χ0n) is 9.06. The second-order valence-electron chi connectivity index (χ2n) is 3.77. The number of rotatable bonds is 1. The van der Waals surface area contributed by atoms with E-state index in [9.17, 15) is 18.5 Å². The van der Waals surface area contributed by atoms with E-state index in [1.807, 2.05) is 0 Å². The largest absolute Gasteiger partial charge is 0.507 e. The van der Waals surface area contributed by atoms with Gasteiger partial charge in [-0.2, -0.15) is 0 Å². The van der Waals surface area contributed by atoms with Crippen molar-refractivity contribution >= 4 is 16.7 Å². The van der Waals surface area contributed by atoms with Crippen molar-refractivity contribution < 1.29 is 18.5 Å². The van der Waals surface area contributed by atoms with Crippen molar-refractivity contribution in [2.45, 2.75) is 0 Å². The average Bonchev–Trinajstić information content (AvgIpc) is 2.29. The Hall–Kier alpha value is -1.43. The van der Waals surface area contributed by atoms with E-state index in [0.717, 1.165) is 6.07 Å². The number of hydrogen-bond donors (Lipinski definition) is 1. The van der Waals surface area contributed by atoms with Crippen LogP contribution in [0.15, 0.2) is 18.2 Å². The maximum Gasteiger partial charge on any atom is 0.260 e. The van der Waals surface area contributed by atoms with Crippen LogP contribution in [-0.2, 0) is 10.8 Å². The molecule has 0 saturated carbocycles. The van der Waals surface area contributed by atoms with Crippen molar-refractivity contribution in [2.75, 3.05) is 24.6 Å². The van der Waals surface area contributed by atoms with Crippen molar-refractivity contribution in [1.29, 1.82) is 0 Å². The molecule has 1 saturated heterocycles. The van der Waals surface area contributed by atoms with Crippen LogP contribution in [0, 0.1) is 5.82 Å². The van der Waals surface area contributed by atoms with E-state index in [-0.39, 0.29) is 11.3 Å². The molecule has 4 nitrogen and oxygen atoms in total. The monoisotopic (exact) mass is 257 g/mol. The molecule has 0 radical (unpaired) electrons. The van der Waals surface area contributed by atoms with Crippen LogP contribution >= 0.6 is 0 Å². The molecule has 0 aromatic heterocycles. The third-order valence-electron chi connectivity index (χ3n) is 2.67. The second-order valence-corrected chi connectivity index (χ2v) is 5.47. The molecule has 2 rings (SSSR count). The number of benzene rings is 1. The molecule has 1 fully saturated rings. The van der Waals surface area contributed by atoms with Gasteiger partial charge in [0.05, 0.1) is 0 Å². The van der Waals surface area contributed by atoms with Gasteiger partial charge in [0.2, 0.25) is 0 Å². The van der Waals surface area contributed by atoms with Crippen LogP contribution in [0.1, 0.15) is 10.4 Å². The molecule has 1 aliphatic heterocycles. The summed E-state index contributed by atoms with van der Waals surface area (Å²) in [4.78, 5) is 13.4. The minimum atomic E-state index is -0.895. The third kappa shape index (κ3) is 2.46. The maximum atomic E-state index is 13.5. The molecule has 1 N–H and O–H groups in total. The molecule has 6 heteroatoms. The first-order chi connectivity index (χ1) is 8.09. The number of carbonyl (C=O) groups excluding carboxylic acids is 1. The van der Waals surface area contributed by atoms with Crippen molar-refractivity contribution in [2.24, 2.45) is 0 Å². The minimum Gasteiger partial charge on any atom is -0.507 e. The summed E-state index contributed by atoms with van der Waals surface area (Å²) in [7, 11) is -0.895. The van der Waals surface area contributed by atoms with Gasteiger partial charge in [0.15, 0.2) is 0 Å². The highest BCUT2D eigenvalue weighted by atomic mass is 32.2. The Bertz CT molecular complexity index is 448. The maximum absolute atomic E-state index is 13.5. The molecule has 92 valence electrons. The molecule has 1 aromatic rings. The van der Waals surface area contributed by atoms with E-state index >= 15 is 0 Å². The molecule has 0 unspecified atom stereocenters. The molecule has 0 bridgehead atoms. The fourth-order valence-corrected chi connectivity index (χ4v) is 2.78. The average molecular weight is 257 g/mol. The molecular formula is C11H12FNO3S. The number of carbonyl (C=O) groups is 1. The number of hydrogen-bond acceptors (Lipinski definition) is 3. The molecule has 1 aromatic carbocycles. The summed E-state index contributed by atoms with van der Waals surface area (Å²) in [6.07, 6.45) is 0. The Morgan fingerprint density at radius 1 is 1.35 bits per heavy atom. The Morgan fingerprint density at radius 3 is 2.59 bits per heavy atom. The highest BCUT2D eigenvalue weighted by Crippen LogP contribution is 2.22. The summed E-state index contributed by atoms with van der Waals surface area (Å²) in [6.45, 7) is 0.665. The SMILES string of the molecule is O=C(c1c(O)cccc1F)N1CCS(=O)CC1. The normalized spacial score (nSPS) is 17.1. The van der Waals surface area contributed by atoms with Gasteiger partial charge in [0, 0.05) is 35.4 Å². The molecule has 1 aliphatic rings. The summed E-state index contributed by atoms with van der Waals surface area (Å²) in [5, 5.41) is 9.50. The van der Waals surface area contributed by atoms with Crippen molar-refractivity contribution in [3.63, 3.8) is 0 Å². The van der Waals surface area contributed by atoms with E-state index in [2.05, 4.69) is 0 Å². The van der Waals surface area contributed by atoms with Crippen molar-refractivity contribution in [3.05, 3.63) is 29.6 Å². The van der Waals surface area contributed by atoms with Crippen LogP contribution in [0.3, 0.4) is 0 Å². The molecule has 1 heterocycles. The molecule has 0 atom stereocenters. The lowest BCUT2D eigenvalue weighted by atomic mass is 10.1. The number of aromatic hydroxyl groups is 1. The van der Waals surface area contributed by atoms with Gasteiger partial charge in [-0.15, -0.1) is 0 Å². The zero-order valence-corrected chi connectivity index (χ0v) is 9.87. The van der Waals surface area contributed by atoms with Gasteiger partial charge in [-0.1, -0.05) is 6.07 Å². The summed E-state index contributed by atoms with van der Waals surface area (Å²) < 4.78 is 24.6. The summed E-state index contributed by atoms with van der Waals surface area (Å²) in [5.41, 5.74) is -0.305. The summed E-state index contributed by atoms with van der Waals surface area (Å²) >= 11 is 0. The van der Waals surface area contributed by atoms with E-state index in [1.54, 1.807) is 0 Å². The molecule has 17 heavy (non-hydrogen) atoms. The summed E-state index contributed by atoms with van der Waals surface area (Å²) in [5.74, 6) is -0.831. The fraction of sp³-hybridized carbons (Fsp3) is 0.364. The lowest BCUT2D eigenvalue weighted by Crippen LogP contribution is -2.42. The van der Waals surface area contributed by atoms with Crippen molar-refractivity contribution in [3.8, 4) is 5.75 Å². The van der Waals surface area contributed by atoms with E-state index in [0.29, 0.717) is 24.6 Å². The van der Waals surface area contributed by atoms with E-state index in [1.165, 1.54) is 17.0 Å². The molecular weight excluding hydrogens is 245 g/mol. The predicted octanol–water partition coefficient (Wildman–Crippen LogP) is 0.736. The van der Waals surface area contributed by atoms with E-state index < -0.39 is 22.5 Å². The van der Waals surface area contributed by atoms with Gasteiger partial charge in [0.25, 0.3) is 5.91 Å². The zero-order chi connectivity index (χ0) is 12.4. The van der Waals surface area contributed by atoms with Crippen LogP contribution in [-0.4, -0.2) is 44.7 Å². The van der Waals surface area contributed by atoms with Crippen molar-refractivity contribution in [1.82, 2.24) is 4.90 Å². The molecule has 0 spiro atoms. The topological polar surface area (TPSA) is 57.6 Å². The van der Waals surface area contributed by atoms with Gasteiger partial charge >= 0.3 is 0 Å². The first-order valence-electron chi connectivity index (χ1n) is 5.21. The van der Waals surface area contributed by atoms with Crippen LogP contribution in [0.2, 0.25) is 0 Å². The molecule has 0 aliphatic carbocycles. The summed E-state index contributed by atoms with van der Waals surface area (Å²) in [6, 6.07) is 3.75. The second kappa shape index (κ2) is 4.83. The lowest BCUT2D eigenvalue weighted by Gasteiger charge is -2.26. The number of halogens is 1. The van der Waals surface area contributed by atoms with Gasteiger partial charge in [-0.3, -0.25) is 9.00 Å². The van der Waals surface area contributed by atoms with Crippen LogP contribution in [0.5, 0.6) is 5.75 Å². The van der Waals surface area contributed by atoms with Crippen LogP contribution in [0.4, 0.5) is 4.39 Å². The highest BCUT2D eigenvalue weighted by Gasteiger charge is 2.25. The quantitative estimate of drug-likeness (QED) is 0.807. The van der Waals surface area contributed by atoms with E-state index in [4.69, 9.17) is 0 Å². The lowest BCUT2D eigenvalue weighted by molar-refractivity contribution is 0.0763. The predicted molar refractivity (Wildman–Crippen MR) is 61.8 cm³/mol. The standard InChI is InChI=1S/C11H12FNO3S/c12-8-2-1-3-9(14)10(8)11(15)13-4-6-17(16)7-5-13/h1-3,14H,4-7H2.